The van der Waals surface area contributed by atoms with Crippen molar-refractivity contribution < 1.29 is 14.3 Å². The lowest BCUT2D eigenvalue weighted by molar-refractivity contribution is -0.143. The Balaban J connectivity index is 2.19. The summed E-state index contributed by atoms with van der Waals surface area (Å²) in [5.74, 6) is 0.274. The smallest absolute Gasteiger partial charge is 0.314 e. The van der Waals surface area contributed by atoms with Crippen molar-refractivity contribution in [3.05, 3.63) is 29.8 Å². The van der Waals surface area contributed by atoms with Crippen molar-refractivity contribution in [3.63, 3.8) is 0 Å². The number of carbonyl (C=O) groups excluding carboxylic acids is 1. The summed E-state index contributed by atoms with van der Waals surface area (Å²) in [5, 5.41) is 0. The second-order valence-corrected chi connectivity index (χ2v) is 5.53. The molecule has 0 aliphatic carbocycles. The number of likely N-dealkylation sites (tertiary alicyclic amines) is 1. The molecule has 1 aliphatic rings. The van der Waals surface area contributed by atoms with E-state index in [0.717, 1.165) is 24.4 Å². The van der Waals surface area contributed by atoms with Crippen LogP contribution >= 0.6 is 0 Å². The highest BCUT2D eigenvalue weighted by atomic mass is 16.5. The van der Waals surface area contributed by atoms with Crippen LogP contribution in [0.4, 0.5) is 0 Å². The maximum Gasteiger partial charge on any atom is 0.314 e. The molecule has 1 aromatic carbocycles. The highest BCUT2D eigenvalue weighted by Gasteiger charge is 2.27. The van der Waals surface area contributed by atoms with Crippen LogP contribution in [0.2, 0.25) is 0 Å². The molecule has 1 fully saturated rings. The number of esters is 1. The summed E-state index contributed by atoms with van der Waals surface area (Å²) in [6.07, 6.45) is 4.99. The van der Waals surface area contributed by atoms with Crippen molar-refractivity contribution in [1.82, 2.24) is 4.90 Å². The van der Waals surface area contributed by atoms with E-state index in [-0.39, 0.29) is 11.9 Å². The zero-order chi connectivity index (χ0) is 15.1. The van der Waals surface area contributed by atoms with Gasteiger partial charge >= 0.3 is 5.97 Å². The molecule has 1 heterocycles. The van der Waals surface area contributed by atoms with Crippen molar-refractivity contribution in [2.75, 3.05) is 33.9 Å². The molecule has 0 N–H and O–H groups in total. The molecule has 21 heavy (non-hydrogen) atoms. The Morgan fingerprint density at radius 2 is 1.81 bits per heavy atom. The maximum atomic E-state index is 12.2. The summed E-state index contributed by atoms with van der Waals surface area (Å²) in [6, 6.07) is 7.71. The van der Waals surface area contributed by atoms with E-state index in [1.807, 2.05) is 24.3 Å². The van der Waals surface area contributed by atoms with E-state index in [0.29, 0.717) is 6.54 Å². The molecule has 0 bridgehead atoms. The average molecular weight is 291 g/mol. The van der Waals surface area contributed by atoms with Gasteiger partial charge in [-0.1, -0.05) is 31.0 Å². The number of nitrogens with zero attached hydrogens (tertiary/aromatic N) is 1. The van der Waals surface area contributed by atoms with Gasteiger partial charge in [0.05, 0.1) is 20.1 Å². The summed E-state index contributed by atoms with van der Waals surface area (Å²) in [4.78, 5) is 14.6. The first-order valence-electron chi connectivity index (χ1n) is 7.69. The van der Waals surface area contributed by atoms with E-state index < -0.39 is 0 Å². The number of rotatable bonds is 5. The van der Waals surface area contributed by atoms with Gasteiger partial charge in [0.15, 0.2) is 0 Å². The molecule has 0 radical (unpaired) electrons. The first kappa shape index (κ1) is 15.8. The Kier molecular flexibility index (Phi) is 6.05. The largest absolute Gasteiger partial charge is 0.496 e. The molecule has 0 amide bonds. The van der Waals surface area contributed by atoms with E-state index in [2.05, 4.69) is 4.90 Å². The van der Waals surface area contributed by atoms with Crippen molar-refractivity contribution in [3.8, 4) is 5.75 Å². The predicted molar refractivity (Wildman–Crippen MR) is 82.7 cm³/mol. The zero-order valence-electron chi connectivity index (χ0n) is 13.0. The van der Waals surface area contributed by atoms with Crippen LogP contribution in [0.1, 0.15) is 37.2 Å². The number of hydrogen-bond donors (Lipinski definition) is 0. The van der Waals surface area contributed by atoms with Gasteiger partial charge in [0.1, 0.15) is 5.75 Å². The molecule has 0 spiro atoms. The lowest BCUT2D eigenvalue weighted by atomic mass is 9.97. The van der Waals surface area contributed by atoms with Crippen molar-refractivity contribution in [2.24, 2.45) is 0 Å². The Labute approximate surface area is 127 Å². The molecule has 1 saturated heterocycles. The molecule has 2 rings (SSSR count). The fourth-order valence-electron chi connectivity index (χ4n) is 2.97. The third kappa shape index (κ3) is 4.21. The van der Waals surface area contributed by atoms with Crippen molar-refractivity contribution in [1.29, 1.82) is 0 Å². The van der Waals surface area contributed by atoms with E-state index >= 15 is 0 Å². The molecular formula is C17H25NO3. The Bertz CT molecular complexity index is 453. The maximum absolute atomic E-state index is 12.2. The van der Waals surface area contributed by atoms with Crippen LogP contribution in [0.5, 0.6) is 5.75 Å². The third-order valence-corrected chi connectivity index (χ3v) is 4.14. The van der Waals surface area contributed by atoms with E-state index in [1.54, 1.807) is 7.11 Å². The summed E-state index contributed by atoms with van der Waals surface area (Å²) in [7, 11) is 3.09. The number of methoxy groups -OCH3 is 2. The van der Waals surface area contributed by atoms with Gasteiger partial charge in [0.25, 0.3) is 0 Å². The van der Waals surface area contributed by atoms with Crippen LogP contribution in [-0.2, 0) is 9.53 Å². The average Bonchev–Trinajstić information content (AvgIpc) is 2.80. The Hall–Kier alpha value is -1.55. The minimum atomic E-state index is -0.288. The zero-order valence-corrected chi connectivity index (χ0v) is 13.0. The van der Waals surface area contributed by atoms with Crippen LogP contribution in [-0.4, -0.2) is 44.7 Å². The molecule has 1 unspecified atom stereocenters. The monoisotopic (exact) mass is 291 g/mol. The van der Waals surface area contributed by atoms with Crippen molar-refractivity contribution >= 4 is 5.97 Å². The van der Waals surface area contributed by atoms with Gasteiger partial charge in [0.2, 0.25) is 0 Å². The number of ether oxygens (including phenoxy) is 2. The lowest BCUT2D eigenvalue weighted by Gasteiger charge is -2.26. The van der Waals surface area contributed by atoms with Gasteiger partial charge in [-0.15, -0.1) is 0 Å². The number of hydrogen-bond acceptors (Lipinski definition) is 4. The lowest BCUT2D eigenvalue weighted by Crippen LogP contribution is -2.33. The van der Waals surface area contributed by atoms with Crippen LogP contribution in [0.15, 0.2) is 24.3 Å². The molecular weight excluding hydrogens is 266 g/mol. The van der Waals surface area contributed by atoms with Crippen LogP contribution in [0.25, 0.3) is 0 Å². The van der Waals surface area contributed by atoms with E-state index in [1.165, 1.54) is 32.8 Å². The standard InChI is InChI=1S/C17H25NO3/c1-20-16-10-6-5-9-14(16)15(17(19)21-2)13-18-11-7-3-4-8-12-18/h5-6,9-10,15H,3-4,7-8,11-13H2,1-2H3. The minimum Gasteiger partial charge on any atom is -0.496 e. The summed E-state index contributed by atoms with van der Waals surface area (Å²) in [5.41, 5.74) is 0.913. The van der Waals surface area contributed by atoms with E-state index in [4.69, 9.17) is 9.47 Å². The number of benzene rings is 1. The summed E-state index contributed by atoms with van der Waals surface area (Å²) >= 11 is 0. The fraction of sp³-hybridized carbons (Fsp3) is 0.588. The SMILES string of the molecule is COC(=O)C(CN1CCCCCC1)c1ccccc1OC. The van der Waals surface area contributed by atoms with Gasteiger partial charge < -0.3 is 14.4 Å². The molecule has 4 heteroatoms. The quantitative estimate of drug-likeness (QED) is 0.782. The highest BCUT2D eigenvalue weighted by Crippen LogP contribution is 2.28. The number of para-hydroxylation sites is 1. The van der Waals surface area contributed by atoms with Crippen LogP contribution in [0, 0.1) is 0 Å². The Morgan fingerprint density at radius 3 is 2.43 bits per heavy atom. The minimum absolute atomic E-state index is 0.191. The fourth-order valence-corrected chi connectivity index (χ4v) is 2.97. The molecule has 116 valence electrons. The second-order valence-electron chi connectivity index (χ2n) is 5.53. The third-order valence-electron chi connectivity index (χ3n) is 4.14. The topological polar surface area (TPSA) is 38.8 Å². The molecule has 4 nitrogen and oxygen atoms in total. The first-order valence-corrected chi connectivity index (χ1v) is 7.69. The second kappa shape index (κ2) is 8.03. The number of carbonyl (C=O) groups is 1. The summed E-state index contributed by atoms with van der Waals surface area (Å²) < 4.78 is 10.4. The first-order chi connectivity index (χ1) is 10.3. The molecule has 0 saturated carbocycles. The van der Waals surface area contributed by atoms with Crippen molar-refractivity contribution in [2.45, 2.75) is 31.6 Å². The Morgan fingerprint density at radius 1 is 1.14 bits per heavy atom. The summed E-state index contributed by atoms with van der Waals surface area (Å²) in [6.45, 7) is 2.82. The molecule has 1 aromatic rings. The molecule has 0 aromatic heterocycles. The van der Waals surface area contributed by atoms with Gasteiger partial charge in [-0.3, -0.25) is 4.79 Å². The van der Waals surface area contributed by atoms with Gasteiger partial charge in [-0.2, -0.15) is 0 Å². The van der Waals surface area contributed by atoms with Gasteiger partial charge in [0, 0.05) is 12.1 Å². The molecule has 1 atom stereocenters. The van der Waals surface area contributed by atoms with E-state index in [9.17, 15) is 4.79 Å². The van der Waals surface area contributed by atoms with Gasteiger partial charge in [-0.25, -0.2) is 0 Å². The molecule has 1 aliphatic heterocycles. The van der Waals surface area contributed by atoms with Crippen LogP contribution < -0.4 is 4.74 Å². The van der Waals surface area contributed by atoms with Gasteiger partial charge in [-0.05, 0) is 32.0 Å². The normalized spacial score (nSPS) is 17.8. The predicted octanol–water partition coefficient (Wildman–Crippen LogP) is 2.83. The van der Waals surface area contributed by atoms with Crippen LogP contribution in [0.3, 0.4) is 0 Å². The highest BCUT2D eigenvalue weighted by molar-refractivity contribution is 5.79.